The molecule has 0 aromatic heterocycles. The predicted octanol–water partition coefficient (Wildman–Crippen LogP) is 1.37. The number of carboxylic acid groups (broad SMARTS) is 1. The summed E-state index contributed by atoms with van der Waals surface area (Å²) in [4.78, 5) is 21.5. The molecule has 4 nitrogen and oxygen atoms in total. The summed E-state index contributed by atoms with van der Waals surface area (Å²) >= 11 is 0. The minimum atomic E-state index is -1.13. The molecule has 1 aromatic rings. The van der Waals surface area contributed by atoms with Crippen molar-refractivity contribution in [3.05, 3.63) is 48.0 Å². The summed E-state index contributed by atoms with van der Waals surface area (Å²) < 4.78 is 0. The predicted molar refractivity (Wildman–Crippen MR) is 64.5 cm³/mol. The molecular weight excluding hydrogens is 218 g/mol. The topological polar surface area (TPSA) is 66.4 Å². The second-order valence-electron chi connectivity index (χ2n) is 3.77. The van der Waals surface area contributed by atoms with Gasteiger partial charge in [-0.05, 0) is 18.9 Å². The zero-order chi connectivity index (χ0) is 12.7. The van der Waals surface area contributed by atoms with Crippen LogP contribution in [0.4, 0.5) is 0 Å². The Hall–Kier alpha value is -2.10. The third-order valence-corrected chi connectivity index (χ3v) is 2.15. The van der Waals surface area contributed by atoms with Crippen LogP contribution < -0.4 is 5.32 Å². The Morgan fingerprint density at radius 1 is 1.29 bits per heavy atom. The average molecular weight is 233 g/mol. The fourth-order valence-electron chi connectivity index (χ4n) is 1.46. The van der Waals surface area contributed by atoms with Gasteiger partial charge in [0.1, 0.15) is 0 Å². The number of rotatable bonds is 5. The van der Waals surface area contributed by atoms with Crippen molar-refractivity contribution >= 4 is 11.9 Å². The minimum Gasteiger partial charge on any atom is -0.478 e. The summed E-state index contributed by atoms with van der Waals surface area (Å²) in [7, 11) is 0. The lowest BCUT2D eigenvalue weighted by Gasteiger charge is -2.12. The molecule has 0 heterocycles. The molecule has 0 saturated heterocycles. The minimum absolute atomic E-state index is 0.0386. The van der Waals surface area contributed by atoms with E-state index in [1.165, 1.54) is 0 Å². The van der Waals surface area contributed by atoms with Gasteiger partial charge in [0.05, 0.1) is 0 Å². The molecule has 0 unspecified atom stereocenters. The Balaban J connectivity index is 2.42. The molecule has 1 aromatic carbocycles. The number of nitrogens with one attached hydrogen (secondary N) is 1. The molecule has 2 N–H and O–H groups in total. The van der Waals surface area contributed by atoms with Gasteiger partial charge in [0.25, 0.3) is 0 Å². The first kappa shape index (κ1) is 13.0. The second-order valence-corrected chi connectivity index (χ2v) is 3.77. The van der Waals surface area contributed by atoms with Crippen LogP contribution in [0.2, 0.25) is 0 Å². The quantitative estimate of drug-likeness (QED) is 0.755. The zero-order valence-electron chi connectivity index (χ0n) is 9.59. The van der Waals surface area contributed by atoms with Crippen molar-refractivity contribution in [2.75, 3.05) is 0 Å². The maximum absolute atomic E-state index is 11.3. The molecule has 17 heavy (non-hydrogen) atoms. The molecule has 0 bridgehead atoms. The second kappa shape index (κ2) is 6.48. The van der Waals surface area contributed by atoms with Crippen molar-refractivity contribution in [3.8, 4) is 0 Å². The third-order valence-electron chi connectivity index (χ3n) is 2.15. The Kier molecular flexibility index (Phi) is 4.94. The number of carbonyl (C=O) groups is 2. The highest BCUT2D eigenvalue weighted by atomic mass is 16.4. The number of carboxylic acids is 1. The first-order valence-electron chi connectivity index (χ1n) is 5.33. The standard InChI is InChI=1S/C13H15NO3/c1-10(9-11-5-3-2-4-6-11)14-12(15)7-8-13(16)17/h2-8,10H,9H2,1H3,(H,14,15)(H,16,17)/b8-7-/t10-/m0/s1. The fourth-order valence-corrected chi connectivity index (χ4v) is 1.46. The molecule has 0 saturated carbocycles. The molecule has 0 aliphatic rings. The van der Waals surface area contributed by atoms with Crippen molar-refractivity contribution in [1.29, 1.82) is 0 Å². The first-order chi connectivity index (χ1) is 8.08. The van der Waals surface area contributed by atoms with Crippen LogP contribution in [-0.2, 0) is 16.0 Å². The molecular formula is C13H15NO3. The van der Waals surface area contributed by atoms with E-state index in [9.17, 15) is 9.59 Å². The fraction of sp³-hybridized carbons (Fsp3) is 0.231. The Morgan fingerprint density at radius 2 is 1.94 bits per heavy atom. The number of aliphatic carboxylic acids is 1. The molecule has 4 heteroatoms. The van der Waals surface area contributed by atoms with E-state index in [1.807, 2.05) is 37.3 Å². The highest BCUT2D eigenvalue weighted by Gasteiger charge is 2.05. The largest absolute Gasteiger partial charge is 0.478 e. The summed E-state index contributed by atoms with van der Waals surface area (Å²) in [6.07, 6.45) is 2.56. The molecule has 0 spiro atoms. The number of benzene rings is 1. The van der Waals surface area contributed by atoms with Gasteiger partial charge in [0.15, 0.2) is 0 Å². The molecule has 1 amide bonds. The smallest absolute Gasteiger partial charge is 0.328 e. The lowest BCUT2D eigenvalue weighted by molar-refractivity contribution is -0.131. The molecule has 0 fully saturated rings. The van der Waals surface area contributed by atoms with Crippen LogP contribution >= 0.6 is 0 Å². The summed E-state index contributed by atoms with van der Waals surface area (Å²) in [5.41, 5.74) is 1.13. The zero-order valence-corrected chi connectivity index (χ0v) is 9.59. The summed E-state index contributed by atoms with van der Waals surface area (Å²) in [5.74, 6) is -1.52. The Morgan fingerprint density at radius 3 is 2.53 bits per heavy atom. The number of amides is 1. The molecule has 0 radical (unpaired) electrons. The number of hydrogen-bond acceptors (Lipinski definition) is 2. The van der Waals surface area contributed by atoms with E-state index >= 15 is 0 Å². The van der Waals surface area contributed by atoms with Crippen LogP contribution in [0.3, 0.4) is 0 Å². The van der Waals surface area contributed by atoms with Crippen molar-refractivity contribution < 1.29 is 14.7 Å². The van der Waals surface area contributed by atoms with Gasteiger partial charge in [-0.15, -0.1) is 0 Å². The monoisotopic (exact) mass is 233 g/mol. The van der Waals surface area contributed by atoms with Gasteiger partial charge in [-0.25, -0.2) is 4.79 Å². The van der Waals surface area contributed by atoms with E-state index < -0.39 is 11.9 Å². The highest BCUT2D eigenvalue weighted by molar-refractivity contribution is 5.93. The van der Waals surface area contributed by atoms with Gasteiger partial charge in [-0.3, -0.25) is 4.79 Å². The van der Waals surface area contributed by atoms with E-state index in [1.54, 1.807) is 0 Å². The lowest BCUT2D eigenvalue weighted by Crippen LogP contribution is -2.32. The van der Waals surface area contributed by atoms with E-state index in [-0.39, 0.29) is 6.04 Å². The normalized spacial score (nSPS) is 12.3. The van der Waals surface area contributed by atoms with E-state index in [2.05, 4.69) is 5.32 Å². The van der Waals surface area contributed by atoms with Crippen LogP contribution in [0, 0.1) is 0 Å². The van der Waals surface area contributed by atoms with Crippen molar-refractivity contribution in [2.45, 2.75) is 19.4 Å². The first-order valence-corrected chi connectivity index (χ1v) is 5.33. The summed E-state index contributed by atoms with van der Waals surface area (Å²) in [5, 5.41) is 11.1. The van der Waals surface area contributed by atoms with Crippen LogP contribution in [-0.4, -0.2) is 23.0 Å². The van der Waals surface area contributed by atoms with Gasteiger partial charge in [-0.1, -0.05) is 30.3 Å². The van der Waals surface area contributed by atoms with Crippen LogP contribution in [0.5, 0.6) is 0 Å². The SMILES string of the molecule is C[C@@H](Cc1ccccc1)NC(=O)/C=C\C(=O)O. The molecule has 0 aliphatic heterocycles. The van der Waals surface area contributed by atoms with Crippen molar-refractivity contribution in [3.63, 3.8) is 0 Å². The number of carbonyl (C=O) groups excluding carboxylic acids is 1. The van der Waals surface area contributed by atoms with Gasteiger partial charge < -0.3 is 10.4 Å². The van der Waals surface area contributed by atoms with Crippen molar-refractivity contribution in [1.82, 2.24) is 5.32 Å². The lowest BCUT2D eigenvalue weighted by atomic mass is 10.1. The van der Waals surface area contributed by atoms with Crippen LogP contribution in [0.15, 0.2) is 42.5 Å². The van der Waals surface area contributed by atoms with Crippen molar-refractivity contribution in [2.24, 2.45) is 0 Å². The van der Waals surface area contributed by atoms with Crippen LogP contribution in [0.1, 0.15) is 12.5 Å². The molecule has 1 rings (SSSR count). The summed E-state index contributed by atoms with van der Waals surface area (Å²) in [6.45, 7) is 1.87. The highest BCUT2D eigenvalue weighted by Crippen LogP contribution is 2.02. The molecule has 1 atom stereocenters. The maximum atomic E-state index is 11.3. The van der Waals surface area contributed by atoms with Gasteiger partial charge in [0, 0.05) is 18.2 Å². The van der Waals surface area contributed by atoms with Gasteiger partial charge in [0.2, 0.25) is 5.91 Å². The summed E-state index contributed by atoms with van der Waals surface area (Å²) in [6, 6.07) is 9.74. The number of hydrogen-bond donors (Lipinski definition) is 2. The average Bonchev–Trinajstić information content (AvgIpc) is 2.27. The third kappa shape index (κ3) is 5.51. The van der Waals surface area contributed by atoms with E-state index in [0.29, 0.717) is 6.42 Å². The van der Waals surface area contributed by atoms with E-state index in [0.717, 1.165) is 17.7 Å². The van der Waals surface area contributed by atoms with Gasteiger partial charge in [-0.2, -0.15) is 0 Å². The molecule has 90 valence electrons. The molecule has 0 aliphatic carbocycles. The van der Waals surface area contributed by atoms with Gasteiger partial charge >= 0.3 is 5.97 Å². The van der Waals surface area contributed by atoms with E-state index in [4.69, 9.17) is 5.11 Å². The maximum Gasteiger partial charge on any atom is 0.328 e. The Bertz CT molecular complexity index is 412. The van der Waals surface area contributed by atoms with Crippen LogP contribution in [0.25, 0.3) is 0 Å². The Labute approximate surface area is 100.0 Å².